The summed E-state index contributed by atoms with van der Waals surface area (Å²) in [4.78, 5) is 4.78. The lowest BCUT2D eigenvalue weighted by atomic mass is 10.1. The molecule has 3 nitrogen and oxygen atoms in total. The van der Waals surface area contributed by atoms with Crippen LogP contribution >= 0.6 is 12.2 Å². The van der Waals surface area contributed by atoms with E-state index in [1.165, 1.54) is 11.1 Å². The molecule has 24 heavy (non-hydrogen) atoms. The Morgan fingerprint density at radius 1 is 0.958 bits per heavy atom. The van der Waals surface area contributed by atoms with Crippen molar-refractivity contribution < 1.29 is 0 Å². The Balaban J connectivity index is 1.52. The molecule has 1 N–H and O–H groups in total. The Bertz CT molecular complexity index is 664. The highest BCUT2D eigenvalue weighted by Crippen LogP contribution is 2.17. The van der Waals surface area contributed by atoms with Gasteiger partial charge in [0.25, 0.3) is 0 Å². The van der Waals surface area contributed by atoms with E-state index >= 15 is 0 Å². The topological polar surface area (TPSA) is 18.5 Å². The maximum atomic E-state index is 5.63. The van der Waals surface area contributed by atoms with Gasteiger partial charge in [-0.05, 0) is 35.8 Å². The summed E-state index contributed by atoms with van der Waals surface area (Å²) in [5.74, 6) is 0. The van der Waals surface area contributed by atoms with Gasteiger partial charge in [-0.15, -0.1) is 0 Å². The third kappa shape index (κ3) is 4.34. The van der Waals surface area contributed by atoms with Gasteiger partial charge in [-0.1, -0.05) is 55.5 Å². The van der Waals surface area contributed by atoms with Crippen molar-refractivity contribution >= 4 is 23.0 Å². The van der Waals surface area contributed by atoms with Gasteiger partial charge in [0.1, 0.15) is 0 Å². The summed E-state index contributed by atoms with van der Waals surface area (Å²) < 4.78 is 0. The Morgan fingerprint density at radius 3 is 2.33 bits per heavy atom. The quantitative estimate of drug-likeness (QED) is 0.855. The van der Waals surface area contributed by atoms with Crippen LogP contribution < -0.4 is 5.32 Å². The van der Waals surface area contributed by atoms with Crippen molar-refractivity contribution in [1.29, 1.82) is 0 Å². The highest BCUT2D eigenvalue weighted by molar-refractivity contribution is 7.80. The highest BCUT2D eigenvalue weighted by atomic mass is 32.1. The Kier molecular flexibility index (Phi) is 5.83. The number of thiocarbonyl (C=S) groups is 1. The van der Waals surface area contributed by atoms with Crippen molar-refractivity contribution in [2.45, 2.75) is 19.9 Å². The average Bonchev–Trinajstić information content (AvgIpc) is 2.63. The third-order valence-electron chi connectivity index (χ3n) is 4.55. The fourth-order valence-corrected chi connectivity index (χ4v) is 3.39. The van der Waals surface area contributed by atoms with Crippen molar-refractivity contribution in [2.24, 2.45) is 0 Å². The number of hydrogen-bond acceptors (Lipinski definition) is 2. The van der Waals surface area contributed by atoms with Crippen molar-refractivity contribution in [3.63, 3.8) is 0 Å². The van der Waals surface area contributed by atoms with Gasteiger partial charge in [-0.2, -0.15) is 0 Å². The molecule has 1 aliphatic rings. The molecule has 126 valence electrons. The standard InChI is InChI=1S/C20H25N3S/c1-2-18-10-6-7-11-19(18)21-20(24)23-14-12-22(13-15-23)16-17-8-4-3-5-9-17/h3-11H,2,12-16H2,1H3,(H,21,24). The molecule has 4 heteroatoms. The molecule has 2 aromatic carbocycles. The molecule has 2 aromatic rings. The predicted octanol–water partition coefficient (Wildman–Crippen LogP) is 3.76. The molecule has 0 aromatic heterocycles. The molecule has 1 fully saturated rings. The van der Waals surface area contributed by atoms with Crippen LogP contribution in [0.3, 0.4) is 0 Å². The molecule has 0 saturated carbocycles. The molecule has 0 bridgehead atoms. The zero-order valence-electron chi connectivity index (χ0n) is 14.2. The zero-order chi connectivity index (χ0) is 16.8. The fraction of sp³-hybridized carbons (Fsp3) is 0.350. The number of benzene rings is 2. The molecule has 1 heterocycles. The second-order valence-corrected chi connectivity index (χ2v) is 6.58. The molecular formula is C20H25N3S. The molecule has 0 atom stereocenters. The smallest absolute Gasteiger partial charge is 0.173 e. The number of aryl methyl sites for hydroxylation is 1. The van der Waals surface area contributed by atoms with Crippen molar-refractivity contribution in [3.05, 3.63) is 65.7 Å². The summed E-state index contributed by atoms with van der Waals surface area (Å²) in [5, 5.41) is 4.28. The van der Waals surface area contributed by atoms with Crippen LogP contribution in [-0.2, 0) is 13.0 Å². The van der Waals surface area contributed by atoms with E-state index in [-0.39, 0.29) is 0 Å². The maximum Gasteiger partial charge on any atom is 0.173 e. The molecule has 1 saturated heterocycles. The van der Waals surface area contributed by atoms with Crippen molar-refractivity contribution in [1.82, 2.24) is 9.80 Å². The minimum Gasteiger partial charge on any atom is -0.346 e. The maximum absolute atomic E-state index is 5.63. The van der Waals surface area contributed by atoms with Crippen LogP contribution in [-0.4, -0.2) is 41.1 Å². The molecule has 0 unspecified atom stereocenters. The van der Waals surface area contributed by atoms with E-state index in [4.69, 9.17) is 12.2 Å². The zero-order valence-corrected chi connectivity index (χ0v) is 15.1. The highest BCUT2D eigenvalue weighted by Gasteiger charge is 2.19. The molecular weight excluding hydrogens is 314 g/mol. The summed E-state index contributed by atoms with van der Waals surface area (Å²) in [5.41, 5.74) is 3.82. The first-order valence-electron chi connectivity index (χ1n) is 8.66. The summed E-state index contributed by atoms with van der Waals surface area (Å²) in [7, 11) is 0. The van der Waals surface area contributed by atoms with Crippen LogP contribution in [0, 0.1) is 0 Å². The molecule has 0 spiro atoms. The Hall–Kier alpha value is -1.91. The van der Waals surface area contributed by atoms with E-state index in [2.05, 4.69) is 76.6 Å². The molecule has 0 aliphatic carbocycles. The SMILES string of the molecule is CCc1ccccc1NC(=S)N1CCN(Cc2ccccc2)CC1. The second-order valence-electron chi connectivity index (χ2n) is 6.19. The van der Waals surface area contributed by atoms with E-state index in [0.29, 0.717) is 0 Å². The first-order valence-corrected chi connectivity index (χ1v) is 9.07. The fourth-order valence-electron chi connectivity index (χ4n) is 3.10. The van der Waals surface area contributed by atoms with Gasteiger partial charge in [-0.3, -0.25) is 4.90 Å². The van der Waals surface area contributed by atoms with Crippen LogP contribution in [0.2, 0.25) is 0 Å². The van der Waals surface area contributed by atoms with Gasteiger partial charge in [-0.25, -0.2) is 0 Å². The molecule has 3 rings (SSSR count). The normalized spacial score (nSPS) is 15.3. The number of hydrogen-bond donors (Lipinski definition) is 1. The van der Waals surface area contributed by atoms with Crippen LogP contribution in [0.1, 0.15) is 18.1 Å². The van der Waals surface area contributed by atoms with E-state index < -0.39 is 0 Å². The van der Waals surface area contributed by atoms with Gasteiger partial charge in [0, 0.05) is 38.4 Å². The lowest BCUT2D eigenvalue weighted by molar-refractivity contribution is 0.177. The average molecular weight is 340 g/mol. The largest absolute Gasteiger partial charge is 0.346 e. The minimum atomic E-state index is 0.843. The van der Waals surface area contributed by atoms with Gasteiger partial charge < -0.3 is 10.2 Å². The number of piperazine rings is 1. The molecule has 0 radical (unpaired) electrons. The van der Waals surface area contributed by atoms with Gasteiger partial charge in [0.15, 0.2) is 5.11 Å². The van der Waals surface area contributed by atoms with Crippen LogP contribution in [0.15, 0.2) is 54.6 Å². The third-order valence-corrected chi connectivity index (χ3v) is 4.91. The van der Waals surface area contributed by atoms with E-state index in [1.54, 1.807) is 0 Å². The monoisotopic (exact) mass is 339 g/mol. The summed E-state index contributed by atoms with van der Waals surface area (Å²) in [6.45, 7) is 7.25. The first-order chi connectivity index (χ1) is 11.8. The van der Waals surface area contributed by atoms with E-state index in [0.717, 1.165) is 49.9 Å². The van der Waals surface area contributed by atoms with Gasteiger partial charge >= 0.3 is 0 Å². The Labute approximate surface area is 150 Å². The molecule has 1 aliphatic heterocycles. The first kappa shape index (κ1) is 16.9. The van der Waals surface area contributed by atoms with Gasteiger partial charge in [0.2, 0.25) is 0 Å². The minimum absolute atomic E-state index is 0.843. The Morgan fingerprint density at radius 2 is 1.62 bits per heavy atom. The lowest BCUT2D eigenvalue weighted by Gasteiger charge is -2.36. The number of nitrogens with one attached hydrogen (secondary N) is 1. The summed E-state index contributed by atoms with van der Waals surface area (Å²) in [6, 6.07) is 19.1. The number of nitrogens with zero attached hydrogens (tertiary/aromatic N) is 2. The second kappa shape index (κ2) is 8.27. The van der Waals surface area contributed by atoms with Gasteiger partial charge in [0.05, 0.1) is 0 Å². The molecule has 0 amide bonds. The van der Waals surface area contributed by atoms with Crippen LogP contribution in [0.4, 0.5) is 5.69 Å². The number of rotatable bonds is 4. The van der Waals surface area contributed by atoms with Crippen LogP contribution in [0.25, 0.3) is 0 Å². The lowest BCUT2D eigenvalue weighted by Crippen LogP contribution is -2.49. The van der Waals surface area contributed by atoms with Crippen molar-refractivity contribution in [3.8, 4) is 0 Å². The van der Waals surface area contributed by atoms with Crippen molar-refractivity contribution in [2.75, 3.05) is 31.5 Å². The number of para-hydroxylation sites is 1. The summed E-state index contributed by atoms with van der Waals surface area (Å²) in [6.07, 6.45) is 1.01. The number of anilines is 1. The van der Waals surface area contributed by atoms with Crippen LogP contribution in [0.5, 0.6) is 0 Å². The van der Waals surface area contributed by atoms with E-state index in [1.807, 2.05) is 0 Å². The predicted molar refractivity (Wildman–Crippen MR) is 105 cm³/mol. The van der Waals surface area contributed by atoms with E-state index in [9.17, 15) is 0 Å². The summed E-state index contributed by atoms with van der Waals surface area (Å²) >= 11 is 5.63.